The first-order chi connectivity index (χ1) is 5.38. The van der Waals surface area contributed by atoms with Gasteiger partial charge in [0.2, 0.25) is 0 Å². The van der Waals surface area contributed by atoms with Crippen LogP contribution >= 0.6 is 0 Å². The highest BCUT2D eigenvalue weighted by Gasteiger charge is 2.07. The topological polar surface area (TPSA) is 40.5 Å². The van der Waals surface area contributed by atoms with E-state index in [-0.39, 0.29) is 0 Å². The molecular weight excluding hydrogens is 115 g/mol. The largest absolute Gasteiger partial charge is 0.488 e. The zero-order chi connectivity index (χ0) is 8.10. The summed E-state index contributed by atoms with van der Waals surface area (Å²) < 4.78 is 13.1. The average molecular weight is 124 g/mol. The summed E-state index contributed by atoms with van der Waals surface area (Å²) in [5.74, 6) is 0. The minimum Gasteiger partial charge on any atom is -0.423 e. The maximum atomic E-state index is 6.55. The van der Waals surface area contributed by atoms with E-state index in [1.54, 1.807) is 24.3 Å². The van der Waals surface area contributed by atoms with Crippen LogP contribution in [0.1, 0.15) is 0 Å². The minimum atomic E-state index is -0.906. The molecule has 0 unspecified atom stereocenters. The van der Waals surface area contributed by atoms with Crippen molar-refractivity contribution in [2.24, 2.45) is 0 Å². The molecule has 0 bridgehead atoms. The Morgan fingerprint density at radius 1 is 1.22 bits per heavy atom. The van der Waals surface area contributed by atoms with Crippen molar-refractivity contribution >= 4 is 12.6 Å². The van der Waals surface area contributed by atoms with E-state index >= 15 is 0 Å². The highest BCUT2D eigenvalue weighted by molar-refractivity contribution is 6.58. The van der Waals surface area contributed by atoms with Crippen molar-refractivity contribution in [1.29, 1.82) is 2.86 Å². The van der Waals surface area contributed by atoms with Gasteiger partial charge in [-0.1, -0.05) is 30.3 Å². The molecule has 46 valence electrons. The van der Waals surface area contributed by atoms with Gasteiger partial charge in [0.25, 0.3) is 0 Å². The van der Waals surface area contributed by atoms with Crippen molar-refractivity contribution in [3.05, 3.63) is 30.3 Å². The number of benzene rings is 1. The lowest BCUT2D eigenvalue weighted by molar-refractivity contribution is 0.426. The minimum absolute atomic E-state index is 0.664. The third kappa shape index (κ3) is 1.55. The summed E-state index contributed by atoms with van der Waals surface area (Å²) in [4.78, 5) is 0. The van der Waals surface area contributed by atoms with Gasteiger partial charge >= 0.3 is 7.12 Å². The van der Waals surface area contributed by atoms with Crippen LogP contribution in [0.3, 0.4) is 0 Å². The zero-order valence-corrected chi connectivity index (χ0v) is 4.78. The molecule has 0 aliphatic heterocycles. The van der Waals surface area contributed by atoms with E-state index in [1.165, 1.54) is 0 Å². The quantitative estimate of drug-likeness (QED) is 0.526. The lowest BCUT2D eigenvalue weighted by Gasteiger charge is -1.94. The van der Waals surface area contributed by atoms with Crippen molar-refractivity contribution in [3.8, 4) is 0 Å². The Bertz CT molecular complexity index is 203. The Balaban J connectivity index is 2.74. The monoisotopic (exact) mass is 124 g/mol. The van der Waals surface area contributed by atoms with Gasteiger partial charge in [-0.05, 0) is 5.46 Å². The van der Waals surface area contributed by atoms with E-state index in [2.05, 4.69) is 10.1 Å². The van der Waals surface area contributed by atoms with E-state index in [9.17, 15) is 0 Å². The molecule has 0 atom stereocenters. The van der Waals surface area contributed by atoms with E-state index in [0.29, 0.717) is 5.46 Å². The lowest BCUT2D eigenvalue weighted by Crippen LogP contribution is -2.29. The Kier molecular flexibility index (Phi) is 1.21. The maximum absolute atomic E-state index is 6.55. The molecule has 1 rings (SSSR count). The summed E-state index contributed by atoms with van der Waals surface area (Å²) >= 11 is 0. The fourth-order valence-corrected chi connectivity index (χ4v) is 0.610. The molecule has 9 heavy (non-hydrogen) atoms. The Morgan fingerprint density at radius 3 is 2.44 bits per heavy atom. The highest BCUT2D eigenvalue weighted by atomic mass is 16.4. The molecule has 0 amide bonds. The SMILES string of the molecule is [2H]OB(O[2H])c1ccccc1. The molecule has 0 spiro atoms. The molecule has 2 nitrogen and oxygen atoms in total. The third-order valence-corrected chi connectivity index (χ3v) is 1.07. The number of hydrogen-bond donors (Lipinski definition) is 2. The predicted octanol–water partition coefficient (Wildman–Crippen LogP) is -0.634. The number of rotatable bonds is 3. The van der Waals surface area contributed by atoms with Crippen molar-refractivity contribution in [2.75, 3.05) is 0 Å². The Labute approximate surface area is 56.9 Å². The van der Waals surface area contributed by atoms with E-state index in [0.717, 1.165) is 0 Å². The van der Waals surface area contributed by atoms with Crippen LogP contribution in [-0.2, 0) is 0 Å². The first kappa shape index (κ1) is 4.09. The molecule has 0 fully saturated rings. The maximum Gasteiger partial charge on any atom is 0.488 e. The second kappa shape index (κ2) is 2.66. The van der Waals surface area contributed by atoms with Crippen LogP contribution in [0.15, 0.2) is 30.3 Å². The van der Waals surface area contributed by atoms with Crippen molar-refractivity contribution < 1.29 is 10.1 Å². The predicted molar refractivity (Wildman–Crippen MR) is 36.3 cm³/mol. The van der Waals surface area contributed by atoms with Gasteiger partial charge < -0.3 is 10.1 Å². The van der Waals surface area contributed by atoms with Crippen molar-refractivity contribution in [2.45, 2.75) is 0 Å². The smallest absolute Gasteiger partial charge is 0.423 e. The standard InChI is InChI=1S/C6H7BO2/c8-7(9)6-4-2-1-3-5-6/h1-5,8-9H/i8D,9D. The zero-order valence-electron chi connectivity index (χ0n) is 6.78. The summed E-state index contributed by atoms with van der Waals surface area (Å²) in [6.07, 6.45) is 0. The van der Waals surface area contributed by atoms with Crippen LogP contribution in [0.2, 0.25) is 0 Å². The molecule has 1 aromatic carbocycles. The van der Waals surface area contributed by atoms with Gasteiger partial charge in [-0.25, -0.2) is 0 Å². The lowest BCUT2D eigenvalue weighted by atomic mass is 9.81. The van der Waals surface area contributed by atoms with Crippen molar-refractivity contribution in [1.82, 2.24) is 0 Å². The van der Waals surface area contributed by atoms with Crippen LogP contribution in [0.5, 0.6) is 0 Å². The summed E-state index contributed by atoms with van der Waals surface area (Å²) in [6, 6.07) is 8.89. The van der Waals surface area contributed by atoms with Gasteiger partial charge in [-0.15, -0.1) is 0 Å². The number of hydrogen-bond acceptors (Lipinski definition) is 2. The molecule has 0 radical (unpaired) electrons. The van der Waals surface area contributed by atoms with Gasteiger partial charge in [-0.3, -0.25) is 0 Å². The summed E-state index contributed by atoms with van der Waals surface area (Å²) in [5, 5.41) is 8.25. The Morgan fingerprint density at radius 2 is 1.89 bits per heavy atom. The normalized spacial score (nSPS) is 12.0. The van der Waals surface area contributed by atoms with Crippen LogP contribution in [0.25, 0.3) is 0 Å². The molecule has 0 aliphatic carbocycles. The first-order valence-electron chi connectivity index (χ1n) is 3.49. The van der Waals surface area contributed by atoms with Crippen molar-refractivity contribution in [3.63, 3.8) is 0 Å². The van der Waals surface area contributed by atoms with Crippen LogP contribution < -0.4 is 5.46 Å². The molecule has 2 N–H and O–H groups in total. The van der Waals surface area contributed by atoms with E-state index < -0.39 is 7.12 Å². The molecule has 0 saturated carbocycles. The van der Waals surface area contributed by atoms with E-state index in [4.69, 9.17) is 2.86 Å². The van der Waals surface area contributed by atoms with Crippen LogP contribution in [0, 0.1) is 0 Å². The second-order valence-corrected chi connectivity index (χ2v) is 1.74. The summed E-state index contributed by atoms with van der Waals surface area (Å²) in [7, 11) is -0.906. The summed E-state index contributed by atoms with van der Waals surface area (Å²) in [6.45, 7) is 0. The fourth-order valence-electron chi connectivity index (χ4n) is 0.610. The summed E-state index contributed by atoms with van der Waals surface area (Å²) in [5.41, 5.74) is 0.664. The molecule has 0 heterocycles. The van der Waals surface area contributed by atoms with Gasteiger partial charge in [0, 0.05) is 0 Å². The molecular formula is C6H7BO2. The molecule has 3 heteroatoms. The fraction of sp³-hybridized carbons (Fsp3) is 0. The van der Waals surface area contributed by atoms with Crippen LogP contribution in [-0.4, -0.2) is 20.0 Å². The van der Waals surface area contributed by atoms with Crippen LogP contribution in [0.4, 0.5) is 0 Å². The van der Waals surface area contributed by atoms with Gasteiger partial charge in [0.05, 0.1) is 0 Å². The third-order valence-electron chi connectivity index (χ3n) is 1.07. The van der Waals surface area contributed by atoms with E-state index in [1.807, 2.05) is 6.07 Å². The molecule has 0 aliphatic rings. The van der Waals surface area contributed by atoms with Gasteiger partial charge in [0.1, 0.15) is 0 Å². The molecule has 0 aromatic heterocycles. The van der Waals surface area contributed by atoms with Gasteiger partial charge in [0.15, 0.2) is 2.86 Å². The molecule has 0 saturated heterocycles. The average Bonchev–Trinajstić information content (AvgIpc) is 2.09. The second-order valence-electron chi connectivity index (χ2n) is 1.74. The first-order valence-corrected chi connectivity index (χ1v) is 2.67. The molecule has 1 aromatic rings. The Hall–Kier alpha value is -0.795. The highest BCUT2D eigenvalue weighted by Crippen LogP contribution is 1.82. The van der Waals surface area contributed by atoms with Gasteiger partial charge in [-0.2, -0.15) is 0 Å².